The Morgan fingerprint density at radius 2 is 0.750 bits per heavy atom. The Labute approximate surface area is 210 Å². The van der Waals surface area contributed by atoms with Gasteiger partial charge in [0.05, 0.1) is 56.5 Å². The van der Waals surface area contributed by atoms with Crippen molar-refractivity contribution in [3.63, 3.8) is 0 Å². The third kappa shape index (κ3) is 4.85. The first-order valence-corrected chi connectivity index (χ1v) is 12.2. The van der Waals surface area contributed by atoms with Gasteiger partial charge in [0.25, 0.3) is 10.1 Å². The highest BCUT2D eigenvalue weighted by Crippen LogP contribution is 2.53. The van der Waals surface area contributed by atoms with E-state index in [9.17, 15) is 8.42 Å². The standard InChI is InChI=1S/C14H4Cl10O3S/c1-28(25,26)27-14(2-4(15)8(19)12(23)9(20)5(2)16)3-6(17)10(21)13(24)11(22)7(3)18/h14H,1H3. The van der Waals surface area contributed by atoms with Crippen LogP contribution in [0.15, 0.2) is 0 Å². The summed E-state index contributed by atoms with van der Waals surface area (Å²) in [5.41, 5.74) is -0.349. The average Bonchev–Trinajstić information content (AvgIpc) is 2.60. The Morgan fingerprint density at radius 3 is 0.964 bits per heavy atom. The van der Waals surface area contributed by atoms with E-state index in [1.807, 2.05) is 0 Å². The van der Waals surface area contributed by atoms with Crippen LogP contribution in [0.5, 0.6) is 0 Å². The number of benzene rings is 2. The first-order valence-electron chi connectivity index (χ1n) is 6.61. The highest BCUT2D eigenvalue weighted by Gasteiger charge is 2.35. The zero-order chi connectivity index (χ0) is 21.7. The molecule has 154 valence electrons. The molecule has 14 heteroatoms. The number of rotatable bonds is 4. The summed E-state index contributed by atoms with van der Waals surface area (Å²) in [7, 11) is -4.13. The van der Waals surface area contributed by atoms with Crippen LogP contribution >= 0.6 is 116 Å². The lowest BCUT2D eigenvalue weighted by Crippen LogP contribution is -2.15. The van der Waals surface area contributed by atoms with Crippen LogP contribution in [0.25, 0.3) is 0 Å². The van der Waals surface area contributed by atoms with Gasteiger partial charge in [-0.15, -0.1) is 0 Å². The SMILES string of the molecule is CS(=O)(=O)OC(c1c(Cl)c(Cl)c(Cl)c(Cl)c1Cl)c1c(Cl)c(Cl)c(Cl)c(Cl)c1Cl. The highest BCUT2D eigenvalue weighted by molar-refractivity contribution is 7.86. The van der Waals surface area contributed by atoms with Crippen LogP contribution < -0.4 is 0 Å². The molecule has 2 rings (SSSR count). The molecule has 0 aliphatic carbocycles. The average molecular weight is 607 g/mol. The summed E-state index contributed by atoms with van der Waals surface area (Å²) in [6.45, 7) is 0. The number of hydrogen-bond donors (Lipinski definition) is 0. The van der Waals surface area contributed by atoms with E-state index in [-0.39, 0.29) is 61.4 Å². The van der Waals surface area contributed by atoms with E-state index in [0.29, 0.717) is 0 Å². The van der Waals surface area contributed by atoms with Gasteiger partial charge in [-0.3, -0.25) is 4.18 Å². The lowest BCUT2D eigenvalue weighted by molar-refractivity contribution is 0.257. The summed E-state index contributed by atoms with van der Waals surface area (Å²) < 4.78 is 29.0. The number of halogens is 10. The van der Waals surface area contributed by atoms with E-state index in [0.717, 1.165) is 6.26 Å². The van der Waals surface area contributed by atoms with Crippen LogP contribution in [-0.2, 0) is 14.3 Å². The molecule has 2 aromatic carbocycles. The first-order chi connectivity index (χ1) is 12.7. The van der Waals surface area contributed by atoms with Crippen molar-refractivity contribution < 1.29 is 12.6 Å². The van der Waals surface area contributed by atoms with Crippen molar-refractivity contribution in [2.24, 2.45) is 0 Å². The molecule has 28 heavy (non-hydrogen) atoms. The van der Waals surface area contributed by atoms with Crippen LogP contribution in [0.3, 0.4) is 0 Å². The minimum atomic E-state index is -4.13. The maximum Gasteiger partial charge on any atom is 0.265 e. The molecular formula is C14H4Cl10O3S. The molecule has 0 bridgehead atoms. The van der Waals surface area contributed by atoms with Crippen molar-refractivity contribution in [3.8, 4) is 0 Å². The maximum absolute atomic E-state index is 11.9. The monoisotopic (exact) mass is 602 g/mol. The molecule has 0 atom stereocenters. The van der Waals surface area contributed by atoms with Crippen LogP contribution in [0.4, 0.5) is 0 Å². The predicted octanol–water partition coefficient (Wildman–Crippen LogP) is 9.29. The van der Waals surface area contributed by atoms with Gasteiger partial charge < -0.3 is 0 Å². The maximum atomic E-state index is 11.9. The van der Waals surface area contributed by atoms with Gasteiger partial charge >= 0.3 is 0 Å². The Kier molecular flexibility index (Phi) is 8.56. The molecule has 0 radical (unpaired) electrons. The molecule has 0 heterocycles. The lowest BCUT2D eigenvalue weighted by atomic mass is 10.0. The largest absolute Gasteiger partial charge is 0.265 e. The fraction of sp³-hybridized carbons (Fsp3) is 0.143. The van der Waals surface area contributed by atoms with Gasteiger partial charge in [-0.1, -0.05) is 116 Å². The minimum absolute atomic E-state index is 0.149. The molecule has 0 unspecified atom stereocenters. The van der Waals surface area contributed by atoms with Gasteiger partial charge in [-0.2, -0.15) is 8.42 Å². The molecule has 0 amide bonds. The zero-order valence-corrected chi connectivity index (χ0v) is 21.4. The summed E-state index contributed by atoms with van der Waals surface area (Å²) in [5, 5.41) is -2.08. The van der Waals surface area contributed by atoms with E-state index < -0.39 is 16.2 Å². The van der Waals surface area contributed by atoms with Crippen molar-refractivity contribution in [2.45, 2.75) is 6.10 Å². The molecule has 0 fully saturated rings. The van der Waals surface area contributed by atoms with E-state index in [2.05, 4.69) is 0 Å². The summed E-state index contributed by atoms with van der Waals surface area (Å²) in [5.74, 6) is 0. The van der Waals surface area contributed by atoms with Crippen molar-refractivity contribution in [2.75, 3.05) is 6.26 Å². The number of hydrogen-bond acceptors (Lipinski definition) is 3. The smallest absolute Gasteiger partial charge is 0.257 e. The third-order valence-corrected chi connectivity index (χ3v) is 8.44. The summed E-state index contributed by atoms with van der Waals surface area (Å²) in [4.78, 5) is 0. The van der Waals surface area contributed by atoms with Crippen LogP contribution in [0.2, 0.25) is 50.2 Å². The predicted molar refractivity (Wildman–Crippen MR) is 121 cm³/mol. The fourth-order valence-electron chi connectivity index (χ4n) is 2.12. The van der Waals surface area contributed by atoms with Gasteiger partial charge in [-0.05, 0) is 0 Å². The molecule has 0 saturated heterocycles. The molecular weight excluding hydrogens is 603 g/mol. The lowest BCUT2D eigenvalue weighted by Gasteiger charge is -2.24. The topological polar surface area (TPSA) is 43.4 Å². The van der Waals surface area contributed by atoms with Gasteiger partial charge in [0.15, 0.2) is 0 Å². The molecule has 0 N–H and O–H groups in total. The summed E-state index contributed by atoms with van der Waals surface area (Å²) in [6.07, 6.45) is -0.850. The molecule has 0 aliphatic rings. The van der Waals surface area contributed by atoms with E-state index in [4.69, 9.17) is 120 Å². The van der Waals surface area contributed by atoms with E-state index in [1.54, 1.807) is 0 Å². The molecule has 2 aromatic rings. The second kappa shape index (κ2) is 9.40. The van der Waals surface area contributed by atoms with E-state index >= 15 is 0 Å². The Balaban J connectivity index is 3.01. The third-order valence-electron chi connectivity index (χ3n) is 3.28. The van der Waals surface area contributed by atoms with Gasteiger partial charge in [0, 0.05) is 11.1 Å². The summed E-state index contributed by atoms with van der Waals surface area (Å²) in [6, 6.07) is 0. The quantitative estimate of drug-likeness (QED) is 0.198. The highest BCUT2D eigenvalue weighted by atomic mass is 35.5. The Hall–Kier alpha value is 1.25. The van der Waals surface area contributed by atoms with Crippen molar-refractivity contribution in [1.82, 2.24) is 0 Å². The van der Waals surface area contributed by atoms with Crippen molar-refractivity contribution in [3.05, 3.63) is 61.4 Å². The van der Waals surface area contributed by atoms with Crippen molar-refractivity contribution >= 4 is 126 Å². The molecule has 3 nitrogen and oxygen atoms in total. The van der Waals surface area contributed by atoms with Crippen LogP contribution in [-0.4, -0.2) is 14.7 Å². The zero-order valence-electron chi connectivity index (χ0n) is 13.0. The summed E-state index contributed by atoms with van der Waals surface area (Å²) >= 11 is 61.3. The molecule has 0 aliphatic heterocycles. The van der Waals surface area contributed by atoms with Gasteiger partial charge in [0.1, 0.15) is 6.10 Å². The van der Waals surface area contributed by atoms with Gasteiger partial charge in [0.2, 0.25) is 0 Å². The molecule has 0 spiro atoms. The molecule has 0 saturated carbocycles. The molecule has 0 aromatic heterocycles. The van der Waals surface area contributed by atoms with Crippen LogP contribution in [0, 0.1) is 0 Å². The van der Waals surface area contributed by atoms with Crippen molar-refractivity contribution in [1.29, 1.82) is 0 Å². The first kappa shape index (κ1) is 25.5. The second-order valence-electron chi connectivity index (χ2n) is 5.15. The fourth-order valence-corrected chi connectivity index (χ4v) is 5.36. The minimum Gasteiger partial charge on any atom is -0.257 e. The second-order valence-corrected chi connectivity index (χ2v) is 10.5. The van der Waals surface area contributed by atoms with Crippen LogP contribution in [0.1, 0.15) is 17.2 Å². The Bertz CT molecular complexity index is 956. The van der Waals surface area contributed by atoms with Gasteiger partial charge in [-0.25, -0.2) is 0 Å². The van der Waals surface area contributed by atoms with E-state index in [1.165, 1.54) is 0 Å². The normalized spacial score (nSPS) is 12.1. The Morgan fingerprint density at radius 1 is 0.536 bits per heavy atom.